The third kappa shape index (κ3) is 3.42. The first-order valence-corrected chi connectivity index (χ1v) is 7.93. The molecule has 1 aromatic carbocycles. The first kappa shape index (κ1) is 16.1. The molecule has 0 aliphatic carbocycles. The van der Waals surface area contributed by atoms with Gasteiger partial charge in [-0.25, -0.2) is 9.78 Å². The normalized spacial score (nSPS) is 16.8. The Kier molecular flexibility index (Phi) is 4.84. The number of carbonyl (C=O) groups is 1. The van der Waals surface area contributed by atoms with E-state index in [1.807, 2.05) is 29.2 Å². The first-order valence-electron chi connectivity index (χ1n) is 7.93. The number of aromatic nitrogens is 1. The smallest absolute Gasteiger partial charge is 0.322 e. The molecule has 1 aliphatic rings. The van der Waals surface area contributed by atoms with Gasteiger partial charge in [0.2, 0.25) is 5.88 Å². The van der Waals surface area contributed by atoms with Gasteiger partial charge in [0.1, 0.15) is 5.75 Å². The van der Waals surface area contributed by atoms with E-state index in [0.29, 0.717) is 11.6 Å². The predicted octanol–water partition coefficient (Wildman–Crippen LogP) is 3.47. The molecule has 1 aromatic heterocycles. The standard InChI is InChI=1S/C18H21N3O3/c1-23-15-8-5-13(6-9-15)16-4-3-11-21(16)18(22)20-14-7-10-17(24-2)19-12-14/h5-10,12,16H,3-4,11H2,1-2H3,(H,20,22)/t16-/m0/s1. The van der Waals surface area contributed by atoms with Crippen LogP contribution in [0.25, 0.3) is 0 Å². The first-order chi connectivity index (χ1) is 11.7. The largest absolute Gasteiger partial charge is 0.497 e. The second-order valence-corrected chi connectivity index (χ2v) is 5.64. The van der Waals surface area contributed by atoms with Gasteiger partial charge in [0, 0.05) is 12.6 Å². The predicted molar refractivity (Wildman–Crippen MR) is 91.5 cm³/mol. The lowest BCUT2D eigenvalue weighted by Crippen LogP contribution is -2.34. The summed E-state index contributed by atoms with van der Waals surface area (Å²) in [4.78, 5) is 18.6. The van der Waals surface area contributed by atoms with E-state index in [4.69, 9.17) is 9.47 Å². The van der Waals surface area contributed by atoms with Gasteiger partial charge < -0.3 is 19.7 Å². The minimum absolute atomic E-state index is 0.0853. The molecule has 0 spiro atoms. The molecule has 2 amide bonds. The quantitative estimate of drug-likeness (QED) is 0.934. The van der Waals surface area contributed by atoms with Gasteiger partial charge in [0.25, 0.3) is 0 Å². The fourth-order valence-electron chi connectivity index (χ4n) is 2.95. The molecule has 2 aromatic rings. The Morgan fingerprint density at radius 2 is 1.96 bits per heavy atom. The molecular formula is C18H21N3O3. The van der Waals surface area contributed by atoms with Gasteiger partial charge in [0.05, 0.1) is 32.1 Å². The van der Waals surface area contributed by atoms with Crippen LogP contribution in [0.2, 0.25) is 0 Å². The van der Waals surface area contributed by atoms with Crippen molar-refractivity contribution in [2.75, 3.05) is 26.1 Å². The van der Waals surface area contributed by atoms with Gasteiger partial charge in [-0.05, 0) is 36.6 Å². The molecule has 24 heavy (non-hydrogen) atoms. The summed E-state index contributed by atoms with van der Waals surface area (Å²) in [5.74, 6) is 1.34. The number of nitrogens with zero attached hydrogens (tertiary/aromatic N) is 2. The van der Waals surface area contributed by atoms with Gasteiger partial charge in [-0.2, -0.15) is 0 Å². The van der Waals surface area contributed by atoms with Crippen LogP contribution in [-0.4, -0.2) is 36.7 Å². The number of amides is 2. The summed E-state index contributed by atoms with van der Waals surface area (Å²) >= 11 is 0. The zero-order chi connectivity index (χ0) is 16.9. The van der Waals surface area contributed by atoms with Crippen molar-refractivity contribution >= 4 is 11.7 Å². The number of nitrogens with one attached hydrogen (secondary N) is 1. The molecule has 0 unspecified atom stereocenters. The topological polar surface area (TPSA) is 63.7 Å². The van der Waals surface area contributed by atoms with Crippen LogP contribution >= 0.6 is 0 Å². The molecule has 1 atom stereocenters. The SMILES string of the molecule is COc1ccc([C@@H]2CCCN2C(=O)Nc2ccc(OC)nc2)cc1. The summed E-state index contributed by atoms with van der Waals surface area (Å²) in [7, 11) is 3.21. The van der Waals surface area contributed by atoms with Crippen molar-refractivity contribution in [3.05, 3.63) is 48.2 Å². The third-order valence-corrected chi connectivity index (χ3v) is 4.21. The monoisotopic (exact) mass is 327 g/mol. The van der Waals surface area contributed by atoms with Crippen molar-refractivity contribution in [3.8, 4) is 11.6 Å². The Hall–Kier alpha value is -2.76. The number of hydrogen-bond donors (Lipinski definition) is 1. The summed E-state index contributed by atoms with van der Waals surface area (Å²) in [5, 5.41) is 2.90. The van der Waals surface area contributed by atoms with E-state index in [2.05, 4.69) is 10.3 Å². The Morgan fingerprint density at radius 1 is 1.17 bits per heavy atom. The number of hydrogen-bond acceptors (Lipinski definition) is 4. The summed E-state index contributed by atoms with van der Waals surface area (Å²) in [5.41, 5.74) is 1.78. The van der Waals surface area contributed by atoms with Gasteiger partial charge in [-0.1, -0.05) is 12.1 Å². The summed E-state index contributed by atoms with van der Waals surface area (Å²) in [6.07, 6.45) is 3.54. The molecule has 126 valence electrons. The number of benzene rings is 1. The summed E-state index contributed by atoms with van der Waals surface area (Å²) in [6.45, 7) is 0.742. The van der Waals surface area contributed by atoms with Gasteiger partial charge in [-0.15, -0.1) is 0 Å². The Bertz CT molecular complexity index is 686. The van der Waals surface area contributed by atoms with E-state index in [9.17, 15) is 4.79 Å². The van der Waals surface area contributed by atoms with E-state index in [0.717, 1.165) is 30.7 Å². The van der Waals surface area contributed by atoms with E-state index in [1.54, 1.807) is 32.5 Å². The number of methoxy groups -OCH3 is 2. The zero-order valence-electron chi connectivity index (χ0n) is 13.9. The minimum atomic E-state index is -0.111. The molecule has 1 N–H and O–H groups in total. The van der Waals surface area contributed by atoms with E-state index < -0.39 is 0 Å². The number of likely N-dealkylation sites (tertiary alicyclic amines) is 1. The van der Waals surface area contributed by atoms with Crippen LogP contribution in [0.1, 0.15) is 24.4 Å². The maximum atomic E-state index is 12.6. The van der Waals surface area contributed by atoms with Crippen LogP contribution in [0.3, 0.4) is 0 Å². The number of carbonyl (C=O) groups excluding carboxylic acids is 1. The number of anilines is 1. The maximum Gasteiger partial charge on any atom is 0.322 e. The number of rotatable bonds is 4. The number of pyridine rings is 1. The molecule has 3 rings (SSSR count). The minimum Gasteiger partial charge on any atom is -0.497 e. The lowest BCUT2D eigenvalue weighted by molar-refractivity contribution is 0.207. The lowest BCUT2D eigenvalue weighted by atomic mass is 10.0. The molecule has 0 bridgehead atoms. The molecule has 6 heteroatoms. The van der Waals surface area contributed by atoms with Crippen molar-refractivity contribution in [3.63, 3.8) is 0 Å². The van der Waals surface area contributed by atoms with Crippen LogP contribution < -0.4 is 14.8 Å². The molecule has 6 nitrogen and oxygen atoms in total. The van der Waals surface area contributed by atoms with E-state index >= 15 is 0 Å². The highest BCUT2D eigenvalue weighted by atomic mass is 16.5. The highest BCUT2D eigenvalue weighted by molar-refractivity contribution is 5.89. The molecule has 1 fully saturated rings. The number of urea groups is 1. The summed E-state index contributed by atoms with van der Waals surface area (Å²) < 4.78 is 10.2. The van der Waals surface area contributed by atoms with Crippen LogP contribution in [0.15, 0.2) is 42.6 Å². The van der Waals surface area contributed by atoms with Crippen LogP contribution in [0.5, 0.6) is 11.6 Å². The van der Waals surface area contributed by atoms with Crippen molar-refractivity contribution in [1.82, 2.24) is 9.88 Å². The lowest BCUT2D eigenvalue weighted by Gasteiger charge is -2.25. The average molecular weight is 327 g/mol. The summed E-state index contributed by atoms with van der Waals surface area (Å²) in [6, 6.07) is 11.4. The fourth-order valence-corrected chi connectivity index (χ4v) is 2.95. The van der Waals surface area contributed by atoms with E-state index in [-0.39, 0.29) is 12.1 Å². The van der Waals surface area contributed by atoms with Crippen LogP contribution in [0, 0.1) is 0 Å². The van der Waals surface area contributed by atoms with E-state index in [1.165, 1.54) is 0 Å². The Labute approximate surface area is 141 Å². The van der Waals surface area contributed by atoms with Crippen LogP contribution in [-0.2, 0) is 0 Å². The molecule has 0 radical (unpaired) electrons. The second-order valence-electron chi connectivity index (χ2n) is 5.64. The zero-order valence-corrected chi connectivity index (χ0v) is 13.9. The van der Waals surface area contributed by atoms with Gasteiger partial charge in [0.15, 0.2) is 0 Å². The fraction of sp³-hybridized carbons (Fsp3) is 0.333. The highest BCUT2D eigenvalue weighted by Gasteiger charge is 2.30. The number of ether oxygens (including phenoxy) is 2. The van der Waals surface area contributed by atoms with Crippen molar-refractivity contribution in [2.45, 2.75) is 18.9 Å². The van der Waals surface area contributed by atoms with Gasteiger partial charge in [-0.3, -0.25) is 0 Å². The second kappa shape index (κ2) is 7.21. The van der Waals surface area contributed by atoms with Crippen molar-refractivity contribution < 1.29 is 14.3 Å². The molecule has 1 saturated heterocycles. The Morgan fingerprint density at radius 3 is 2.58 bits per heavy atom. The molecule has 0 saturated carbocycles. The highest BCUT2D eigenvalue weighted by Crippen LogP contribution is 2.33. The van der Waals surface area contributed by atoms with Crippen molar-refractivity contribution in [2.24, 2.45) is 0 Å². The average Bonchev–Trinajstić information content (AvgIpc) is 3.12. The van der Waals surface area contributed by atoms with Crippen LogP contribution in [0.4, 0.5) is 10.5 Å². The van der Waals surface area contributed by atoms with Crippen molar-refractivity contribution in [1.29, 1.82) is 0 Å². The molecular weight excluding hydrogens is 306 g/mol. The third-order valence-electron chi connectivity index (χ3n) is 4.21. The molecule has 1 aliphatic heterocycles. The molecule has 2 heterocycles. The maximum absolute atomic E-state index is 12.6. The Balaban J connectivity index is 1.70. The van der Waals surface area contributed by atoms with Gasteiger partial charge >= 0.3 is 6.03 Å².